The van der Waals surface area contributed by atoms with Gasteiger partial charge in [0.15, 0.2) is 0 Å². The second-order valence-electron chi connectivity index (χ2n) is 4.31. The number of rotatable bonds is 7. The Kier molecular flexibility index (Phi) is 5.28. The molecule has 0 amide bonds. The van der Waals surface area contributed by atoms with E-state index >= 15 is 0 Å². The molecule has 0 radical (unpaired) electrons. The van der Waals surface area contributed by atoms with Crippen molar-refractivity contribution in [3.8, 4) is 6.01 Å². The van der Waals surface area contributed by atoms with Gasteiger partial charge in [-0.15, -0.1) is 0 Å². The average molecular weight is 288 g/mol. The highest BCUT2D eigenvalue weighted by Gasteiger charge is 2.14. The SMILES string of the molecule is CCCOc1nc(NN)nc(N(CC)c2ccccc2)n1. The van der Waals surface area contributed by atoms with Crippen LogP contribution in [-0.4, -0.2) is 28.1 Å². The van der Waals surface area contributed by atoms with Crippen molar-refractivity contribution in [1.29, 1.82) is 0 Å². The molecule has 1 aromatic carbocycles. The molecule has 7 heteroatoms. The van der Waals surface area contributed by atoms with Crippen molar-refractivity contribution in [3.63, 3.8) is 0 Å². The lowest BCUT2D eigenvalue weighted by molar-refractivity contribution is 0.292. The molecule has 1 heterocycles. The van der Waals surface area contributed by atoms with E-state index in [-0.39, 0.29) is 12.0 Å². The molecule has 112 valence electrons. The van der Waals surface area contributed by atoms with E-state index in [1.54, 1.807) is 0 Å². The molecule has 0 atom stereocenters. The zero-order valence-corrected chi connectivity index (χ0v) is 12.3. The summed E-state index contributed by atoms with van der Waals surface area (Å²) in [5.41, 5.74) is 3.44. The molecule has 0 saturated carbocycles. The van der Waals surface area contributed by atoms with Gasteiger partial charge in [-0.3, -0.25) is 5.43 Å². The van der Waals surface area contributed by atoms with Crippen LogP contribution in [0.2, 0.25) is 0 Å². The minimum Gasteiger partial charge on any atom is -0.463 e. The number of anilines is 3. The van der Waals surface area contributed by atoms with Crippen LogP contribution >= 0.6 is 0 Å². The fourth-order valence-corrected chi connectivity index (χ4v) is 1.84. The summed E-state index contributed by atoms with van der Waals surface area (Å²) in [4.78, 5) is 14.7. The van der Waals surface area contributed by atoms with E-state index in [0.29, 0.717) is 19.1 Å². The van der Waals surface area contributed by atoms with Crippen molar-refractivity contribution in [2.75, 3.05) is 23.5 Å². The van der Waals surface area contributed by atoms with Gasteiger partial charge in [0.05, 0.1) is 6.61 Å². The Labute approximate surface area is 124 Å². The third kappa shape index (κ3) is 3.79. The van der Waals surface area contributed by atoms with Crippen molar-refractivity contribution in [2.45, 2.75) is 20.3 Å². The molecule has 2 aromatic rings. The van der Waals surface area contributed by atoms with Crippen LogP contribution in [0.3, 0.4) is 0 Å². The van der Waals surface area contributed by atoms with E-state index in [1.807, 2.05) is 49.1 Å². The molecule has 21 heavy (non-hydrogen) atoms. The smallest absolute Gasteiger partial charge is 0.323 e. The van der Waals surface area contributed by atoms with Crippen LogP contribution in [0.25, 0.3) is 0 Å². The second-order valence-corrected chi connectivity index (χ2v) is 4.31. The quantitative estimate of drug-likeness (QED) is 0.595. The standard InChI is InChI=1S/C14H20N6O/c1-3-10-21-14-17-12(19-15)16-13(18-14)20(4-2)11-8-6-5-7-9-11/h5-9H,3-4,10,15H2,1-2H3,(H,16,17,18,19). The second kappa shape index (κ2) is 7.39. The molecule has 0 saturated heterocycles. The predicted octanol–water partition coefficient (Wildman–Crippen LogP) is 2.10. The van der Waals surface area contributed by atoms with Crippen LogP contribution in [-0.2, 0) is 0 Å². The number of ether oxygens (including phenoxy) is 1. The predicted molar refractivity (Wildman–Crippen MR) is 82.5 cm³/mol. The van der Waals surface area contributed by atoms with Crippen molar-refractivity contribution < 1.29 is 4.74 Å². The van der Waals surface area contributed by atoms with Crippen LogP contribution in [0.5, 0.6) is 6.01 Å². The maximum atomic E-state index is 5.48. The number of nitrogens with zero attached hydrogens (tertiary/aromatic N) is 4. The summed E-state index contributed by atoms with van der Waals surface area (Å²) in [5.74, 6) is 6.20. The number of hydrogen-bond acceptors (Lipinski definition) is 7. The largest absolute Gasteiger partial charge is 0.463 e. The van der Waals surface area contributed by atoms with Gasteiger partial charge in [0.2, 0.25) is 11.9 Å². The molecular weight excluding hydrogens is 268 g/mol. The fourth-order valence-electron chi connectivity index (χ4n) is 1.84. The van der Waals surface area contributed by atoms with E-state index in [0.717, 1.165) is 12.1 Å². The number of nitrogens with two attached hydrogens (primary N) is 1. The van der Waals surface area contributed by atoms with Gasteiger partial charge in [0, 0.05) is 12.2 Å². The molecule has 0 fully saturated rings. The summed E-state index contributed by atoms with van der Waals surface area (Å²) >= 11 is 0. The maximum Gasteiger partial charge on any atom is 0.323 e. The van der Waals surface area contributed by atoms with Crippen LogP contribution in [0.15, 0.2) is 30.3 Å². The lowest BCUT2D eigenvalue weighted by Gasteiger charge is -2.21. The Morgan fingerprint density at radius 1 is 1.14 bits per heavy atom. The third-order valence-corrected chi connectivity index (χ3v) is 2.79. The monoisotopic (exact) mass is 288 g/mol. The van der Waals surface area contributed by atoms with Gasteiger partial charge in [0.25, 0.3) is 0 Å². The molecule has 0 spiro atoms. The number of nitrogen functional groups attached to an aromatic ring is 1. The lowest BCUT2D eigenvalue weighted by Crippen LogP contribution is -2.21. The van der Waals surface area contributed by atoms with Crippen LogP contribution < -0.4 is 20.9 Å². The van der Waals surface area contributed by atoms with Gasteiger partial charge in [-0.05, 0) is 25.5 Å². The number of benzene rings is 1. The van der Waals surface area contributed by atoms with E-state index in [9.17, 15) is 0 Å². The number of nitrogens with one attached hydrogen (secondary N) is 1. The van der Waals surface area contributed by atoms with Gasteiger partial charge in [0.1, 0.15) is 0 Å². The summed E-state index contributed by atoms with van der Waals surface area (Å²) < 4.78 is 5.48. The first kappa shape index (κ1) is 15.0. The molecule has 2 rings (SSSR count). The van der Waals surface area contributed by atoms with Crippen molar-refractivity contribution in [1.82, 2.24) is 15.0 Å². The van der Waals surface area contributed by atoms with Gasteiger partial charge >= 0.3 is 6.01 Å². The normalized spacial score (nSPS) is 10.2. The van der Waals surface area contributed by atoms with Gasteiger partial charge < -0.3 is 9.64 Å². The number of hydrogen-bond donors (Lipinski definition) is 2. The van der Waals surface area contributed by atoms with Crippen LogP contribution in [0, 0.1) is 0 Å². The number of aromatic nitrogens is 3. The topological polar surface area (TPSA) is 89.2 Å². The molecule has 3 N–H and O–H groups in total. The molecule has 1 aromatic heterocycles. The van der Waals surface area contributed by atoms with E-state index in [1.165, 1.54) is 0 Å². The van der Waals surface area contributed by atoms with E-state index < -0.39 is 0 Å². The summed E-state index contributed by atoms with van der Waals surface area (Å²) in [5, 5.41) is 0. The first-order valence-electron chi connectivity index (χ1n) is 6.96. The number of hydrazine groups is 1. The molecule has 0 bridgehead atoms. The Morgan fingerprint density at radius 3 is 2.52 bits per heavy atom. The molecule has 0 aliphatic rings. The Balaban J connectivity index is 2.35. The van der Waals surface area contributed by atoms with Gasteiger partial charge in [-0.1, -0.05) is 25.1 Å². The van der Waals surface area contributed by atoms with E-state index in [4.69, 9.17) is 10.6 Å². The van der Waals surface area contributed by atoms with E-state index in [2.05, 4.69) is 20.4 Å². The molecule has 0 aliphatic carbocycles. The van der Waals surface area contributed by atoms with Gasteiger partial charge in [-0.2, -0.15) is 15.0 Å². The third-order valence-electron chi connectivity index (χ3n) is 2.79. The summed E-state index contributed by atoms with van der Waals surface area (Å²) in [7, 11) is 0. The molecule has 0 unspecified atom stereocenters. The summed E-state index contributed by atoms with van der Waals surface area (Å²) in [6.45, 7) is 5.31. The average Bonchev–Trinajstić information content (AvgIpc) is 2.54. The van der Waals surface area contributed by atoms with Crippen molar-refractivity contribution in [3.05, 3.63) is 30.3 Å². The summed E-state index contributed by atoms with van der Waals surface area (Å²) in [6.07, 6.45) is 0.878. The minimum absolute atomic E-state index is 0.268. The van der Waals surface area contributed by atoms with Crippen LogP contribution in [0.4, 0.5) is 17.6 Å². The molecule has 0 aliphatic heterocycles. The van der Waals surface area contributed by atoms with Crippen molar-refractivity contribution >= 4 is 17.6 Å². The molecular formula is C14H20N6O. The molecule has 7 nitrogen and oxygen atoms in total. The van der Waals surface area contributed by atoms with Crippen LogP contribution in [0.1, 0.15) is 20.3 Å². The van der Waals surface area contributed by atoms with Crippen molar-refractivity contribution in [2.24, 2.45) is 5.84 Å². The maximum absolute atomic E-state index is 5.48. The first-order valence-corrected chi connectivity index (χ1v) is 6.96. The van der Waals surface area contributed by atoms with Gasteiger partial charge in [-0.25, -0.2) is 5.84 Å². The first-order chi connectivity index (χ1) is 10.3. The zero-order chi connectivity index (χ0) is 15.1. The lowest BCUT2D eigenvalue weighted by atomic mass is 10.3. The highest BCUT2D eigenvalue weighted by Crippen LogP contribution is 2.23. The minimum atomic E-state index is 0.268. The Bertz CT molecular complexity index is 563. The number of para-hydroxylation sites is 1. The Morgan fingerprint density at radius 2 is 1.90 bits per heavy atom. The highest BCUT2D eigenvalue weighted by atomic mass is 16.5. The Hall–Kier alpha value is -2.41. The highest BCUT2D eigenvalue weighted by molar-refractivity contribution is 5.57. The fraction of sp³-hybridized carbons (Fsp3) is 0.357. The summed E-state index contributed by atoms with van der Waals surface area (Å²) in [6, 6.07) is 10.2. The zero-order valence-electron chi connectivity index (χ0n) is 12.3.